The largest absolute Gasteiger partial charge is 0.482 e. The number of thioether (sulfide) groups is 1. The minimum Gasteiger partial charge on any atom is -0.482 e. The molecule has 0 radical (unpaired) electrons. The van der Waals surface area contributed by atoms with Gasteiger partial charge < -0.3 is 14.8 Å². The zero-order chi connectivity index (χ0) is 20.8. The molecular formula is C21H19NO6S. The molecule has 8 heteroatoms. The Morgan fingerprint density at radius 2 is 1.76 bits per heavy atom. The van der Waals surface area contributed by atoms with Crippen molar-refractivity contribution in [2.45, 2.75) is 17.7 Å². The number of carbonyl (C=O) groups excluding carboxylic acids is 4. The van der Waals surface area contributed by atoms with Crippen LogP contribution in [-0.2, 0) is 14.3 Å². The van der Waals surface area contributed by atoms with Gasteiger partial charge in [0.15, 0.2) is 24.8 Å². The molecule has 0 fully saturated rings. The molecule has 0 aromatic heterocycles. The van der Waals surface area contributed by atoms with Crippen LogP contribution in [-0.4, -0.2) is 42.9 Å². The molecule has 1 amide bonds. The van der Waals surface area contributed by atoms with Crippen molar-refractivity contribution in [3.05, 3.63) is 53.6 Å². The second kappa shape index (κ2) is 9.38. The van der Waals surface area contributed by atoms with Gasteiger partial charge in [0.1, 0.15) is 5.75 Å². The molecule has 2 aromatic rings. The van der Waals surface area contributed by atoms with Gasteiger partial charge in [0.2, 0.25) is 0 Å². The van der Waals surface area contributed by atoms with E-state index < -0.39 is 18.4 Å². The van der Waals surface area contributed by atoms with E-state index in [-0.39, 0.29) is 36.7 Å². The van der Waals surface area contributed by atoms with Crippen LogP contribution in [0.4, 0.5) is 5.69 Å². The van der Waals surface area contributed by atoms with Crippen LogP contribution in [0.15, 0.2) is 47.4 Å². The van der Waals surface area contributed by atoms with Crippen molar-refractivity contribution >= 4 is 40.9 Å². The van der Waals surface area contributed by atoms with Crippen LogP contribution in [0.5, 0.6) is 5.75 Å². The van der Waals surface area contributed by atoms with Crippen LogP contribution in [0, 0.1) is 0 Å². The van der Waals surface area contributed by atoms with Crippen molar-refractivity contribution < 1.29 is 28.7 Å². The minimum atomic E-state index is -0.623. The van der Waals surface area contributed by atoms with E-state index in [1.54, 1.807) is 30.0 Å². The lowest BCUT2D eigenvalue weighted by atomic mass is 10.1. The molecule has 0 bridgehead atoms. The quantitative estimate of drug-likeness (QED) is 0.403. The highest BCUT2D eigenvalue weighted by Gasteiger charge is 2.19. The zero-order valence-corrected chi connectivity index (χ0v) is 16.5. The predicted molar refractivity (Wildman–Crippen MR) is 108 cm³/mol. The number of esters is 1. The highest BCUT2D eigenvalue weighted by atomic mass is 32.2. The molecule has 3 rings (SSSR count). The van der Waals surface area contributed by atoms with E-state index in [0.717, 1.165) is 4.90 Å². The van der Waals surface area contributed by atoms with Crippen molar-refractivity contribution in [2.24, 2.45) is 0 Å². The lowest BCUT2D eigenvalue weighted by Crippen LogP contribution is -2.25. The number of nitrogens with one attached hydrogen (secondary N) is 1. The Hall–Kier alpha value is -3.13. The summed E-state index contributed by atoms with van der Waals surface area (Å²) in [6, 6.07) is 11.7. The number of ether oxygens (including phenoxy) is 2. The Bertz CT molecular complexity index is 954. The number of Topliss-reactive ketones (excluding diaryl/α,β-unsaturated/α-hetero) is 2. The summed E-state index contributed by atoms with van der Waals surface area (Å²) in [7, 11) is 0. The summed E-state index contributed by atoms with van der Waals surface area (Å²) in [5, 5.41) is 2.61. The van der Waals surface area contributed by atoms with Gasteiger partial charge in [0.25, 0.3) is 5.91 Å². The van der Waals surface area contributed by atoms with Crippen molar-refractivity contribution in [1.82, 2.24) is 0 Å². The Balaban J connectivity index is 1.47. The molecule has 0 saturated carbocycles. The van der Waals surface area contributed by atoms with Gasteiger partial charge in [-0.15, -0.1) is 11.8 Å². The van der Waals surface area contributed by atoms with Crippen LogP contribution < -0.4 is 10.1 Å². The van der Waals surface area contributed by atoms with Crippen LogP contribution >= 0.6 is 11.8 Å². The highest BCUT2D eigenvalue weighted by Crippen LogP contribution is 2.28. The van der Waals surface area contributed by atoms with Gasteiger partial charge in [-0.1, -0.05) is 12.1 Å². The van der Waals surface area contributed by atoms with Gasteiger partial charge in [-0.3, -0.25) is 19.2 Å². The normalized spacial score (nSPS) is 12.4. The number of carbonyl (C=O) groups is 4. The maximum Gasteiger partial charge on any atom is 0.306 e. The van der Waals surface area contributed by atoms with Gasteiger partial charge in [-0.2, -0.15) is 0 Å². The molecule has 1 aliphatic heterocycles. The molecule has 1 aliphatic rings. The molecule has 1 heterocycles. The number of benzene rings is 2. The van der Waals surface area contributed by atoms with Gasteiger partial charge >= 0.3 is 5.97 Å². The number of fused-ring (bicyclic) bond motifs is 1. The molecule has 150 valence electrons. The lowest BCUT2D eigenvalue weighted by Gasteiger charge is -2.18. The average molecular weight is 413 g/mol. The van der Waals surface area contributed by atoms with Gasteiger partial charge in [0.05, 0.1) is 12.1 Å². The number of anilines is 1. The molecule has 0 spiro atoms. The van der Waals surface area contributed by atoms with E-state index in [4.69, 9.17) is 9.47 Å². The highest BCUT2D eigenvalue weighted by molar-refractivity contribution is 7.98. The summed E-state index contributed by atoms with van der Waals surface area (Å²) < 4.78 is 10.2. The number of rotatable bonds is 8. The van der Waals surface area contributed by atoms with E-state index in [1.807, 2.05) is 18.4 Å². The number of amides is 1. The van der Waals surface area contributed by atoms with Crippen LogP contribution in [0.25, 0.3) is 0 Å². The average Bonchev–Trinajstić information content (AvgIpc) is 2.75. The summed E-state index contributed by atoms with van der Waals surface area (Å²) in [6.45, 7) is -0.513. The lowest BCUT2D eigenvalue weighted by molar-refractivity contribution is -0.142. The smallest absolute Gasteiger partial charge is 0.306 e. The first kappa shape index (κ1) is 20.6. The van der Waals surface area contributed by atoms with Gasteiger partial charge in [-0.05, 0) is 36.6 Å². The van der Waals surface area contributed by atoms with E-state index in [1.165, 1.54) is 12.1 Å². The van der Waals surface area contributed by atoms with Gasteiger partial charge in [0, 0.05) is 22.4 Å². The van der Waals surface area contributed by atoms with Crippen LogP contribution in [0.2, 0.25) is 0 Å². The first-order chi connectivity index (χ1) is 14.0. The molecule has 0 atom stereocenters. The number of hydrogen-bond donors (Lipinski definition) is 1. The van der Waals surface area contributed by atoms with Crippen LogP contribution in [0.3, 0.4) is 0 Å². The fourth-order valence-corrected chi connectivity index (χ4v) is 3.10. The SMILES string of the molecule is CSc1ccc(C(=O)CCC(=O)OCC(=O)c2ccc3c(c2)NC(=O)CO3)cc1. The third kappa shape index (κ3) is 5.45. The van der Waals surface area contributed by atoms with E-state index in [2.05, 4.69) is 5.32 Å². The third-order valence-corrected chi connectivity index (χ3v) is 5.01. The summed E-state index contributed by atoms with van der Waals surface area (Å²) in [5.74, 6) is -1.03. The standard InChI is InChI=1S/C21H19NO6S/c1-29-15-5-2-13(3-6-15)17(23)7-9-21(26)28-11-18(24)14-4-8-19-16(10-14)22-20(25)12-27-19/h2-6,8,10H,7,9,11-12H2,1H3,(H,22,25). The molecule has 0 saturated heterocycles. The van der Waals surface area contributed by atoms with Crippen molar-refractivity contribution in [1.29, 1.82) is 0 Å². The summed E-state index contributed by atoms with van der Waals surface area (Å²) in [5.41, 5.74) is 1.22. The zero-order valence-electron chi connectivity index (χ0n) is 15.7. The fraction of sp³-hybridized carbons (Fsp3) is 0.238. The van der Waals surface area contributed by atoms with E-state index in [9.17, 15) is 19.2 Å². The Morgan fingerprint density at radius 1 is 1.03 bits per heavy atom. The molecule has 1 N–H and O–H groups in total. The Morgan fingerprint density at radius 3 is 2.48 bits per heavy atom. The number of hydrogen-bond acceptors (Lipinski definition) is 7. The first-order valence-corrected chi connectivity index (χ1v) is 10.1. The van der Waals surface area contributed by atoms with Crippen molar-refractivity contribution in [3.8, 4) is 5.75 Å². The monoisotopic (exact) mass is 413 g/mol. The summed E-state index contributed by atoms with van der Waals surface area (Å²) in [4.78, 5) is 48.7. The molecule has 2 aromatic carbocycles. The second-order valence-corrected chi connectivity index (χ2v) is 7.16. The topological polar surface area (TPSA) is 98.8 Å². The Labute approximate surface area is 171 Å². The maximum absolute atomic E-state index is 12.2. The molecule has 29 heavy (non-hydrogen) atoms. The summed E-state index contributed by atoms with van der Waals surface area (Å²) in [6.07, 6.45) is 1.85. The number of ketones is 2. The summed E-state index contributed by atoms with van der Waals surface area (Å²) >= 11 is 1.58. The molecule has 0 unspecified atom stereocenters. The fourth-order valence-electron chi connectivity index (χ4n) is 2.69. The van der Waals surface area contributed by atoms with E-state index >= 15 is 0 Å². The maximum atomic E-state index is 12.2. The van der Waals surface area contributed by atoms with Crippen molar-refractivity contribution in [3.63, 3.8) is 0 Å². The van der Waals surface area contributed by atoms with E-state index in [0.29, 0.717) is 17.0 Å². The minimum absolute atomic E-state index is 0.00779. The molecular weight excluding hydrogens is 394 g/mol. The van der Waals surface area contributed by atoms with Crippen molar-refractivity contribution in [2.75, 3.05) is 24.8 Å². The third-order valence-electron chi connectivity index (χ3n) is 4.27. The second-order valence-electron chi connectivity index (χ2n) is 6.28. The van der Waals surface area contributed by atoms with Crippen LogP contribution in [0.1, 0.15) is 33.6 Å². The first-order valence-electron chi connectivity index (χ1n) is 8.89. The molecule has 7 nitrogen and oxygen atoms in total. The van der Waals surface area contributed by atoms with Gasteiger partial charge in [-0.25, -0.2) is 0 Å². The predicted octanol–water partition coefficient (Wildman–Crippen LogP) is 3.13. The Kier molecular flexibility index (Phi) is 6.66. The molecule has 0 aliphatic carbocycles.